The molecular weight excluding hydrogens is 204 g/mol. The minimum Gasteiger partial charge on any atom is -0.344 e. The van der Waals surface area contributed by atoms with E-state index in [9.17, 15) is 9.59 Å². The van der Waals surface area contributed by atoms with Crippen molar-refractivity contribution in [1.29, 1.82) is 0 Å². The average molecular weight is 226 g/mol. The number of amides is 2. The van der Waals surface area contributed by atoms with E-state index in [0.717, 1.165) is 6.42 Å². The van der Waals surface area contributed by atoms with Gasteiger partial charge in [-0.25, -0.2) is 0 Å². The van der Waals surface area contributed by atoms with Crippen LogP contribution in [0, 0.1) is 0 Å². The standard InChI is InChI=1S/C12H22N2O2/c1-5-9-11(16)14(12(3,4)6-2)8-7-10(15)13-9/h9H,5-8H2,1-4H3,(H,13,15). The van der Waals surface area contributed by atoms with Gasteiger partial charge in [0, 0.05) is 18.5 Å². The number of hydrogen-bond donors (Lipinski definition) is 1. The summed E-state index contributed by atoms with van der Waals surface area (Å²) >= 11 is 0. The third-order valence-corrected chi connectivity index (χ3v) is 3.47. The van der Waals surface area contributed by atoms with Gasteiger partial charge in [-0.3, -0.25) is 9.59 Å². The Labute approximate surface area is 97.4 Å². The largest absolute Gasteiger partial charge is 0.344 e. The van der Waals surface area contributed by atoms with Crippen LogP contribution >= 0.6 is 0 Å². The van der Waals surface area contributed by atoms with Crippen LogP contribution in [0.4, 0.5) is 0 Å². The van der Waals surface area contributed by atoms with Gasteiger partial charge in [0.05, 0.1) is 0 Å². The fourth-order valence-corrected chi connectivity index (χ4v) is 1.91. The van der Waals surface area contributed by atoms with E-state index < -0.39 is 0 Å². The van der Waals surface area contributed by atoms with Crippen LogP contribution in [-0.4, -0.2) is 34.8 Å². The fourth-order valence-electron chi connectivity index (χ4n) is 1.91. The van der Waals surface area contributed by atoms with Gasteiger partial charge in [0.25, 0.3) is 0 Å². The molecule has 1 rings (SSSR count). The molecule has 1 atom stereocenters. The van der Waals surface area contributed by atoms with E-state index in [-0.39, 0.29) is 23.4 Å². The molecule has 4 nitrogen and oxygen atoms in total. The second-order valence-electron chi connectivity index (χ2n) is 4.93. The van der Waals surface area contributed by atoms with Crippen LogP contribution in [0.1, 0.15) is 47.0 Å². The van der Waals surface area contributed by atoms with Crippen LogP contribution in [0.15, 0.2) is 0 Å². The summed E-state index contributed by atoms with van der Waals surface area (Å²) in [7, 11) is 0. The van der Waals surface area contributed by atoms with Crippen molar-refractivity contribution in [3.8, 4) is 0 Å². The molecule has 0 bridgehead atoms. The zero-order chi connectivity index (χ0) is 12.3. The van der Waals surface area contributed by atoms with Gasteiger partial charge in [0.15, 0.2) is 0 Å². The van der Waals surface area contributed by atoms with Gasteiger partial charge >= 0.3 is 0 Å². The highest BCUT2D eigenvalue weighted by atomic mass is 16.2. The molecule has 0 aromatic rings. The first-order chi connectivity index (χ1) is 7.42. The Morgan fingerprint density at radius 2 is 2.00 bits per heavy atom. The topological polar surface area (TPSA) is 49.4 Å². The zero-order valence-corrected chi connectivity index (χ0v) is 10.7. The van der Waals surface area contributed by atoms with E-state index in [1.807, 2.05) is 25.7 Å². The monoisotopic (exact) mass is 226 g/mol. The molecule has 0 saturated carbocycles. The maximum Gasteiger partial charge on any atom is 0.245 e. The summed E-state index contributed by atoms with van der Waals surface area (Å²) in [5.41, 5.74) is -0.170. The van der Waals surface area contributed by atoms with Crippen molar-refractivity contribution in [2.24, 2.45) is 0 Å². The lowest BCUT2D eigenvalue weighted by atomic mass is 9.97. The molecular formula is C12H22N2O2. The van der Waals surface area contributed by atoms with Crippen molar-refractivity contribution in [2.75, 3.05) is 6.54 Å². The van der Waals surface area contributed by atoms with Gasteiger partial charge in [-0.2, -0.15) is 0 Å². The molecule has 0 aromatic carbocycles. The zero-order valence-electron chi connectivity index (χ0n) is 10.7. The van der Waals surface area contributed by atoms with E-state index in [2.05, 4.69) is 12.2 Å². The Hall–Kier alpha value is -1.06. The minimum atomic E-state index is -0.346. The first-order valence-electron chi connectivity index (χ1n) is 6.03. The van der Waals surface area contributed by atoms with Crippen molar-refractivity contribution < 1.29 is 9.59 Å². The van der Waals surface area contributed by atoms with Gasteiger partial charge in [-0.05, 0) is 26.7 Å². The van der Waals surface area contributed by atoms with Gasteiger partial charge in [0.1, 0.15) is 6.04 Å². The molecule has 16 heavy (non-hydrogen) atoms. The molecule has 0 aromatic heterocycles. The molecule has 1 aliphatic heterocycles. The smallest absolute Gasteiger partial charge is 0.245 e. The SMILES string of the molecule is CCC1NC(=O)CCN(C(C)(C)CC)C1=O. The van der Waals surface area contributed by atoms with Gasteiger partial charge in [-0.1, -0.05) is 13.8 Å². The molecule has 92 valence electrons. The van der Waals surface area contributed by atoms with Crippen molar-refractivity contribution in [1.82, 2.24) is 10.2 Å². The highest BCUT2D eigenvalue weighted by Crippen LogP contribution is 2.22. The number of nitrogens with one attached hydrogen (secondary N) is 1. The fraction of sp³-hybridized carbons (Fsp3) is 0.833. The van der Waals surface area contributed by atoms with Crippen LogP contribution in [-0.2, 0) is 9.59 Å². The molecule has 4 heteroatoms. The third-order valence-electron chi connectivity index (χ3n) is 3.47. The Balaban J connectivity index is 2.92. The molecule has 1 unspecified atom stereocenters. The molecule has 1 aliphatic rings. The number of rotatable bonds is 3. The molecule has 2 amide bonds. The van der Waals surface area contributed by atoms with Gasteiger partial charge in [0.2, 0.25) is 11.8 Å². The molecule has 1 fully saturated rings. The van der Waals surface area contributed by atoms with E-state index >= 15 is 0 Å². The van der Waals surface area contributed by atoms with Crippen molar-refractivity contribution in [3.05, 3.63) is 0 Å². The summed E-state index contributed by atoms with van der Waals surface area (Å²) in [6.45, 7) is 8.61. The van der Waals surface area contributed by atoms with Crippen molar-refractivity contribution in [2.45, 2.75) is 58.5 Å². The highest BCUT2D eigenvalue weighted by molar-refractivity contribution is 5.90. The second kappa shape index (κ2) is 4.85. The predicted molar refractivity (Wildman–Crippen MR) is 62.9 cm³/mol. The number of carbonyl (C=O) groups excluding carboxylic acids is 2. The van der Waals surface area contributed by atoms with E-state index in [1.165, 1.54) is 0 Å². The first kappa shape index (κ1) is 13.0. The average Bonchev–Trinajstić information content (AvgIpc) is 2.38. The third kappa shape index (κ3) is 2.54. The lowest BCUT2D eigenvalue weighted by Crippen LogP contribution is -2.52. The number of carbonyl (C=O) groups is 2. The van der Waals surface area contributed by atoms with Gasteiger partial charge < -0.3 is 10.2 Å². The number of hydrogen-bond acceptors (Lipinski definition) is 2. The van der Waals surface area contributed by atoms with Crippen LogP contribution in [0.5, 0.6) is 0 Å². The Morgan fingerprint density at radius 1 is 1.38 bits per heavy atom. The summed E-state index contributed by atoms with van der Waals surface area (Å²) < 4.78 is 0. The number of nitrogens with zero attached hydrogens (tertiary/aromatic N) is 1. The Kier molecular flexibility index (Phi) is 3.94. The maximum atomic E-state index is 12.2. The van der Waals surface area contributed by atoms with Crippen LogP contribution in [0.2, 0.25) is 0 Å². The predicted octanol–water partition coefficient (Wildman–Crippen LogP) is 1.30. The van der Waals surface area contributed by atoms with Crippen LogP contribution in [0.3, 0.4) is 0 Å². The summed E-state index contributed by atoms with van der Waals surface area (Å²) in [4.78, 5) is 25.6. The van der Waals surface area contributed by atoms with Crippen LogP contribution < -0.4 is 5.32 Å². The second-order valence-corrected chi connectivity index (χ2v) is 4.93. The molecule has 1 saturated heterocycles. The molecule has 0 spiro atoms. The highest BCUT2D eigenvalue weighted by Gasteiger charge is 2.35. The Bertz CT molecular complexity index is 287. The van der Waals surface area contributed by atoms with E-state index in [0.29, 0.717) is 19.4 Å². The summed E-state index contributed by atoms with van der Waals surface area (Å²) in [5.74, 6) is 0.0369. The normalized spacial score (nSPS) is 23.0. The molecule has 1 heterocycles. The molecule has 0 aliphatic carbocycles. The summed E-state index contributed by atoms with van der Waals surface area (Å²) in [6.07, 6.45) is 1.95. The lowest BCUT2D eigenvalue weighted by molar-refractivity contribution is -0.138. The minimum absolute atomic E-state index is 0.0189. The Morgan fingerprint density at radius 3 is 2.50 bits per heavy atom. The summed E-state index contributed by atoms with van der Waals surface area (Å²) in [5, 5.41) is 2.77. The van der Waals surface area contributed by atoms with E-state index in [1.54, 1.807) is 0 Å². The van der Waals surface area contributed by atoms with Crippen molar-refractivity contribution in [3.63, 3.8) is 0 Å². The van der Waals surface area contributed by atoms with Gasteiger partial charge in [-0.15, -0.1) is 0 Å². The summed E-state index contributed by atoms with van der Waals surface area (Å²) in [6, 6.07) is -0.346. The maximum absolute atomic E-state index is 12.2. The van der Waals surface area contributed by atoms with Crippen molar-refractivity contribution >= 4 is 11.8 Å². The molecule has 0 radical (unpaired) electrons. The quantitative estimate of drug-likeness (QED) is 0.788. The first-order valence-corrected chi connectivity index (χ1v) is 6.03. The lowest BCUT2D eigenvalue weighted by Gasteiger charge is -2.38. The van der Waals surface area contributed by atoms with Crippen LogP contribution in [0.25, 0.3) is 0 Å². The molecule has 1 N–H and O–H groups in total. The van der Waals surface area contributed by atoms with E-state index in [4.69, 9.17) is 0 Å².